The summed E-state index contributed by atoms with van der Waals surface area (Å²) in [5.41, 5.74) is 5.02. The molecule has 0 spiro atoms. The molecule has 0 rings (SSSR count). The number of nitrogens with two attached hydrogens (primary N) is 3. The van der Waals surface area contributed by atoms with Crippen molar-refractivity contribution in [1.29, 1.82) is 0 Å². The molecule has 12 heavy (non-hydrogen) atoms. The van der Waals surface area contributed by atoms with Crippen molar-refractivity contribution in [2.75, 3.05) is 6.54 Å². The van der Waals surface area contributed by atoms with E-state index in [1.807, 2.05) is 0 Å². The van der Waals surface area contributed by atoms with Crippen molar-refractivity contribution in [1.82, 2.24) is 0 Å². The Labute approximate surface area is 88.5 Å². The van der Waals surface area contributed by atoms with Crippen LogP contribution in [0.3, 0.4) is 0 Å². The molecule has 0 aromatic heterocycles. The zero-order valence-corrected chi connectivity index (χ0v) is 10.4. The van der Waals surface area contributed by atoms with Gasteiger partial charge in [0.15, 0.2) is 0 Å². The standard InChI is InChI=1S/C3H11NO3Si.ClH.2H2N.Pt/c4-2-1-3-8(5,6)7;;;;/h5-7H,1-4H2;1H;2*1H2;/q;;2*-1;+1/p-1. The Hall–Kier alpha value is 0.955. The van der Waals surface area contributed by atoms with Crippen LogP contribution in [-0.4, -0.2) is 29.7 Å². The molecule has 0 aromatic rings. The Bertz CT molecular complexity index is 76.3. The predicted octanol–water partition coefficient (Wildman–Crippen LogP) is 0.372. The fourth-order valence-corrected chi connectivity index (χ4v) is 1.02. The van der Waals surface area contributed by atoms with Gasteiger partial charge < -0.3 is 32.4 Å². The Morgan fingerprint density at radius 2 is 1.50 bits per heavy atom. The molecule has 0 saturated carbocycles. The van der Waals surface area contributed by atoms with Gasteiger partial charge in [-0.05, 0) is 13.0 Å². The zero-order chi connectivity index (χ0) is 8.62. The van der Waals surface area contributed by atoms with Crippen LogP contribution in [0, 0.1) is 0 Å². The third-order valence-electron chi connectivity index (χ3n) is 0.716. The summed E-state index contributed by atoms with van der Waals surface area (Å²) in [5, 5.41) is 0. The molecule has 0 aliphatic heterocycles. The molecule has 0 saturated heterocycles. The maximum Gasteiger partial charge on any atom is -0.693 e. The molecule has 0 fully saturated rings. The molecule has 83 valence electrons. The summed E-state index contributed by atoms with van der Waals surface area (Å²) in [6.07, 6.45) is 0.468. The van der Waals surface area contributed by atoms with E-state index in [-0.39, 0.29) is 18.3 Å². The van der Waals surface area contributed by atoms with Gasteiger partial charge in [-0.25, -0.2) is 0 Å². The predicted molar refractivity (Wildman–Crippen MR) is 47.3 cm³/mol. The van der Waals surface area contributed by atoms with Crippen LogP contribution < -0.4 is 5.73 Å². The molecule has 0 heterocycles. The van der Waals surface area contributed by atoms with Gasteiger partial charge in [-0.2, -0.15) is 0 Å². The van der Waals surface area contributed by atoms with E-state index in [2.05, 4.69) is 9.42 Å². The molecule has 0 atom stereocenters. The van der Waals surface area contributed by atoms with Crippen LogP contribution in [0.2, 0.25) is 6.04 Å². The Morgan fingerprint density at radius 3 is 1.58 bits per heavy atom. The molecule has 6 nitrogen and oxygen atoms in total. The molecule has 0 aliphatic carbocycles. The van der Waals surface area contributed by atoms with Crippen LogP contribution >= 0.6 is 9.42 Å². The second-order valence-corrected chi connectivity index (χ2v) is 3.72. The fraction of sp³-hybridized carbons (Fsp3) is 1.00. The number of halogens is 1. The average Bonchev–Trinajstić information content (AvgIpc) is 1.87. The fourth-order valence-electron chi connectivity index (χ4n) is 0.339. The maximum absolute atomic E-state index is 8.34. The van der Waals surface area contributed by atoms with Gasteiger partial charge in [0.05, 0.1) is 0 Å². The van der Waals surface area contributed by atoms with Gasteiger partial charge in [0.25, 0.3) is 0 Å². The Kier molecular flexibility index (Phi) is 27.9. The summed E-state index contributed by atoms with van der Waals surface area (Å²) in [6.45, 7) is 0.385. The van der Waals surface area contributed by atoms with Crippen LogP contribution in [0.15, 0.2) is 0 Å². The van der Waals surface area contributed by atoms with E-state index in [1.54, 1.807) is 18.8 Å². The summed E-state index contributed by atoms with van der Waals surface area (Å²) >= 11 is 1.61. The molecule has 9 N–H and O–H groups in total. The van der Waals surface area contributed by atoms with Gasteiger partial charge >= 0.3 is 37.0 Å². The van der Waals surface area contributed by atoms with Gasteiger partial charge in [-0.3, -0.25) is 0 Å². The van der Waals surface area contributed by atoms with Crippen molar-refractivity contribution in [3.63, 3.8) is 0 Å². The van der Waals surface area contributed by atoms with E-state index in [0.29, 0.717) is 13.0 Å². The smallest absolute Gasteiger partial charge is 0.693 e. The summed E-state index contributed by atoms with van der Waals surface area (Å²) in [5.74, 6) is 0. The van der Waals surface area contributed by atoms with Gasteiger partial charge in [-0.15, -0.1) is 0 Å². The minimum absolute atomic E-state index is 0. The van der Waals surface area contributed by atoms with Crippen LogP contribution in [0.4, 0.5) is 0 Å². The first-order chi connectivity index (χ1) is 4.56. The van der Waals surface area contributed by atoms with Crippen LogP contribution in [0.5, 0.6) is 0 Å². The van der Waals surface area contributed by atoms with E-state index < -0.39 is 8.80 Å². The van der Waals surface area contributed by atoms with E-state index in [0.717, 1.165) is 0 Å². The molecule has 0 unspecified atom stereocenters. The Balaban J connectivity index is -0.0000000740. The van der Waals surface area contributed by atoms with Crippen LogP contribution in [0.1, 0.15) is 6.42 Å². The van der Waals surface area contributed by atoms with Crippen molar-refractivity contribution in [2.24, 2.45) is 5.73 Å². The summed E-state index contributed by atoms with van der Waals surface area (Å²) in [6, 6.07) is 0.0451. The molecule has 9 heteroatoms. The van der Waals surface area contributed by atoms with Crippen molar-refractivity contribution < 1.29 is 33.2 Å². The van der Waals surface area contributed by atoms with E-state index in [4.69, 9.17) is 20.1 Å². The SMILES string of the molecule is NCCC[Si](O)(O)O.[Cl][Pt].[NH2-].[NH2-]. The number of rotatable bonds is 3. The van der Waals surface area contributed by atoms with Crippen molar-refractivity contribution >= 4 is 18.2 Å². The van der Waals surface area contributed by atoms with Crippen molar-refractivity contribution in [2.45, 2.75) is 12.5 Å². The number of hydrogen-bond donors (Lipinski definition) is 4. The third kappa shape index (κ3) is 30.6. The largest absolute Gasteiger partial charge is 0.693 e. The van der Waals surface area contributed by atoms with Crippen LogP contribution in [0.25, 0.3) is 12.3 Å². The molecule has 0 aromatic carbocycles. The second-order valence-electron chi connectivity index (χ2n) is 1.67. The van der Waals surface area contributed by atoms with Gasteiger partial charge in [0.1, 0.15) is 0 Å². The van der Waals surface area contributed by atoms with Crippen molar-refractivity contribution in [3.05, 3.63) is 12.3 Å². The molecule has 0 amide bonds. The number of hydrogen-bond acceptors (Lipinski definition) is 4. The van der Waals surface area contributed by atoms with E-state index in [1.165, 1.54) is 0 Å². The quantitative estimate of drug-likeness (QED) is 0.506. The third-order valence-corrected chi connectivity index (χ3v) is 1.74. The zero-order valence-electron chi connectivity index (χ0n) is 6.39. The second kappa shape index (κ2) is 14.5. The summed E-state index contributed by atoms with van der Waals surface area (Å²) in [7, 11) is 0.853. The minimum atomic E-state index is -3.76. The molecule has 0 aliphatic rings. The van der Waals surface area contributed by atoms with E-state index in [9.17, 15) is 0 Å². The van der Waals surface area contributed by atoms with Gasteiger partial charge in [-0.1, -0.05) is 0 Å². The summed E-state index contributed by atoms with van der Waals surface area (Å²) in [4.78, 5) is 25.0. The minimum Gasteiger partial charge on any atom is -0.693 e. The summed E-state index contributed by atoms with van der Waals surface area (Å²) < 4.78 is 0. The molecular formula is C3H15ClN3O3PtSi-2. The maximum atomic E-state index is 8.34. The first-order valence-electron chi connectivity index (χ1n) is 2.55. The van der Waals surface area contributed by atoms with E-state index >= 15 is 0 Å². The molecule has 0 radical (unpaired) electrons. The Morgan fingerprint density at radius 1 is 1.17 bits per heavy atom. The normalized spacial score (nSPS) is 8.58. The van der Waals surface area contributed by atoms with Gasteiger partial charge in [0, 0.05) is 6.04 Å². The first-order valence-corrected chi connectivity index (χ1v) is 7.42. The molecule has 0 bridgehead atoms. The van der Waals surface area contributed by atoms with Crippen LogP contribution in [-0.2, 0) is 18.8 Å². The van der Waals surface area contributed by atoms with Crippen molar-refractivity contribution in [3.8, 4) is 0 Å². The molecular weight excluding hydrogens is 385 g/mol. The van der Waals surface area contributed by atoms with Gasteiger partial charge in [0.2, 0.25) is 0 Å². The monoisotopic (exact) mass is 399 g/mol. The first kappa shape index (κ1) is 23.1. The average molecular weight is 400 g/mol. The topological polar surface area (TPSA) is 154 Å².